The van der Waals surface area contributed by atoms with Crippen LogP contribution in [-0.2, 0) is 17.2 Å². The molecule has 106 valence electrons. The van der Waals surface area contributed by atoms with Crippen molar-refractivity contribution in [2.75, 3.05) is 12.9 Å². The van der Waals surface area contributed by atoms with Gasteiger partial charge in [-0.1, -0.05) is 26.3 Å². The van der Waals surface area contributed by atoms with Gasteiger partial charge >= 0.3 is 0 Å². The predicted molar refractivity (Wildman–Crippen MR) is 79.9 cm³/mol. The molecule has 0 saturated carbocycles. The van der Waals surface area contributed by atoms with Gasteiger partial charge in [0, 0.05) is 22.6 Å². The van der Waals surface area contributed by atoms with E-state index in [0.717, 1.165) is 29.9 Å². The molecule has 1 aliphatic rings. The molecule has 3 nitrogen and oxygen atoms in total. The third-order valence-corrected chi connectivity index (χ3v) is 6.05. The highest BCUT2D eigenvalue weighted by atomic mass is 32.2. The molecule has 0 radical (unpaired) electrons. The first-order valence-corrected chi connectivity index (χ1v) is 8.24. The fourth-order valence-corrected chi connectivity index (χ4v) is 4.40. The molecule has 1 aromatic carbocycles. The van der Waals surface area contributed by atoms with Crippen LogP contribution in [0.1, 0.15) is 37.4 Å². The summed E-state index contributed by atoms with van der Waals surface area (Å²) in [5, 5.41) is 0.0520. The Kier molecular flexibility index (Phi) is 4.63. The molecule has 4 heteroatoms. The van der Waals surface area contributed by atoms with Crippen LogP contribution in [0.2, 0.25) is 0 Å². The molecule has 0 fully saturated rings. The van der Waals surface area contributed by atoms with Crippen molar-refractivity contribution in [1.29, 1.82) is 0 Å². The number of hydrogen-bond donors (Lipinski definition) is 1. The van der Waals surface area contributed by atoms with Gasteiger partial charge in [0.2, 0.25) is 0 Å². The Morgan fingerprint density at radius 1 is 1.53 bits per heavy atom. The summed E-state index contributed by atoms with van der Waals surface area (Å²) in [4.78, 5) is 0. The zero-order valence-electron chi connectivity index (χ0n) is 11.9. The van der Waals surface area contributed by atoms with E-state index in [4.69, 9.17) is 10.5 Å². The summed E-state index contributed by atoms with van der Waals surface area (Å²) in [6.45, 7) is 4.28. The molecular weight excluding hydrogens is 258 g/mol. The molecule has 19 heavy (non-hydrogen) atoms. The van der Waals surface area contributed by atoms with Gasteiger partial charge in [-0.15, -0.1) is 0 Å². The van der Waals surface area contributed by atoms with E-state index in [1.165, 1.54) is 5.56 Å². The largest absolute Gasteiger partial charge is 0.497 e. The van der Waals surface area contributed by atoms with Crippen molar-refractivity contribution < 1.29 is 8.95 Å². The second-order valence-electron chi connectivity index (χ2n) is 5.39. The van der Waals surface area contributed by atoms with Crippen LogP contribution in [0.25, 0.3) is 0 Å². The first kappa shape index (κ1) is 14.5. The smallest absolute Gasteiger partial charge is 0.119 e. The summed E-state index contributed by atoms with van der Waals surface area (Å²) in [7, 11) is 0.797. The minimum absolute atomic E-state index is 0.0520. The van der Waals surface area contributed by atoms with Crippen LogP contribution in [0.4, 0.5) is 0 Å². The van der Waals surface area contributed by atoms with Gasteiger partial charge in [-0.25, -0.2) is 0 Å². The predicted octanol–water partition coefficient (Wildman–Crippen LogP) is 2.41. The van der Waals surface area contributed by atoms with Crippen LogP contribution in [0.5, 0.6) is 5.75 Å². The standard InChI is InChI=1S/C15H23NO2S/c1-4-10(2)9-19(17)14-7-11-5-6-12(18-3)8-13(11)15(14)16/h5-6,8,10,14-15H,4,7,9,16H2,1-3H3. The molecule has 2 rings (SSSR count). The SMILES string of the molecule is CCC(C)CS(=O)C1Cc2ccc(OC)cc2C1N. The Morgan fingerprint density at radius 2 is 2.26 bits per heavy atom. The van der Waals surface area contributed by atoms with E-state index in [0.29, 0.717) is 5.92 Å². The lowest BCUT2D eigenvalue weighted by Crippen LogP contribution is -2.29. The van der Waals surface area contributed by atoms with E-state index < -0.39 is 10.8 Å². The van der Waals surface area contributed by atoms with Crippen molar-refractivity contribution >= 4 is 10.8 Å². The normalized spacial score (nSPS) is 24.8. The van der Waals surface area contributed by atoms with Gasteiger partial charge in [-0.2, -0.15) is 0 Å². The number of fused-ring (bicyclic) bond motifs is 1. The average Bonchev–Trinajstić information content (AvgIpc) is 2.75. The third-order valence-electron chi connectivity index (χ3n) is 4.02. The second-order valence-corrected chi connectivity index (χ2v) is 7.09. The molecular formula is C15H23NO2S. The monoisotopic (exact) mass is 281 g/mol. The summed E-state index contributed by atoms with van der Waals surface area (Å²) in [6.07, 6.45) is 1.89. The molecule has 2 N–H and O–H groups in total. The van der Waals surface area contributed by atoms with Crippen LogP contribution in [-0.4, -0.2) is 22.3 Å². The molecule has 0 amide bonds. The lowest BCUT2D eigenvalue weighted by atomic mass is 10.1. The average molecular weight is 281 g/mol. The molecule has 4 atom stereocenters. The summed E-state index contributed by atoms with van der Waals surface area (Å²) in [5.41, 5.74) is 8.60. The Hall–Kier alpha value is -0.870. The maximum Gasteiger partial charge on any atom is 0.119 e. The van der Waals surface area contributed by atoms with Crippen molar-refractivity contribution in [1.82, 2.24) is 0 Å². The van der Waals surface area contributed by atoms with Crippen LogP contribution < -0.4 is 10.5 Å². The van der Waals surface area contributed by atoms with Crippen molar-refractivity contribution in [3.05, 3.63) is 29.3 Å². The fraction of sp³-hybridized carbons (Fsp3) is 0.600. The summed E-state index contributed by atoms with van der Waals surface area (Å²) in [5.74, 6) is 2.06. The number of rotatable bonds is 5. The van der Waals surface area contributed by atoms with Crippen molar-refractivity contribution in [3.63, 3.8) is 0 Å². The lowest BCUT2D eigenvalue weighted by Gasteiger charge is -2.18. The van der Waals surface area contributed by atoms with Gasteiger partial charge < -0.3 is 10.5 Å². The second kappa shape index (κ2) is 6.06. The minimum Gasteiger partial charge on any atom is -0.497 e. The molecule has 1 aliphatic carbocycles. The Bertz CT molecular complexity index is 475. The molecule has 0 heterocycles. The Morgan fingerprint density at radius 3 is 2.89 bits per heavy atom. The number of hydrogen-bond acceptors (Lipinski definition) is 3. The quantitative estimate of drug-likeness (QED) is 0.901. The minimum atomic E-state index is -0.856. The number of benzene rings is 1. The van der Waals surface area contributed by atoms with Crippen molar-refractivity contribution in [2.24, 2.45) is 11.7 Å². The van der Waals surface area contributed by atoms with Gasteiger partial charge in [0.1, 0.15) is 5.75 Å². The maximum atomic E-state index is 12.4. The van der Waals surface area contributed by atoms with E-state index in [2.05, 4.69) is 19.9 Å². The number of ether oxygens (including phenoxy) is 1. The lowest BCUT2D eigenvalue weighted by molar-refractivity contribution is 0.414. The van der Waals surface area contributed by atoms with Crippen LogP contribution in [0.15, 0.2) is 18.2 Å². The molecule has 0 saturated heterocycles. The Labute approximate surface area is 118 Å². The zero-order chi connectivity index (χ0) is 14.0. The summed E-state index contributed by atoms with van der Waals surface area (Å²) >= 11 is 0. The molecule has 4 unspecified atom stereocenters. The highest BCUT2D eigenvalue weighted by Gasteiger charge is 2.34. The zero-order valence-corrected chi connectivity index (χ0v) is 12.7. The highest BCUT2D eigenvalue weighted by Crippen LogP contribution is 2.35. The van der Waals surface area contributed by atoms with Crippen molar-refractivity contribution in [3.8, 4) is 5.75 Å². The summed E-state index contributed by atoms with van der Waals surface area (Å²) in [6, 6.07) is 5.86. The van der Waals surface area contributed by atoms with Crippen LogP contribution in [0, 0.1) is 5.92 Å². The fourth-order valence-electron chi connectivity index (χ4n) is 2.52. The van der Waals surface area contributed by atoms with Gasteiger partial charge in [0.05, 0.1) is 12.4 Å². The van der Waals surface area contributed by atoms with Gasteiger partial charge in [0.25, 0.3) is 0 Å². The summed E-state index contributed by atoms with van der Waals surface area (Å²) < 4.78 is 17.7. The Balaban J connectivity index is 2.14. The van der Waals surface area contributed by atoms with Crippen LogP contribution in [0.3, 0.4) is 0 Å². The highest BCUT2D eigenvalue weighted by molar-refractivity contribution is 7.85. The maximum absolute atomic E-state index is 12.4. The van der Waals surface area contributed by atoms with Crippen LogP contribution >= 0.6 is 0 Å². The molecule has 1 aromatic rings. The van der Waals surface area contributed by atoms with Gasteiger partial charge in [0.15, 0.2) is 0 Å². The number of nitrogens with two attached hydrogens (primary N) is 1. The van der Waals surface area contributed by atoms with E-state index >= 15 is 0 Å². The first-order valence-electron chi connectivity index (χ1n) is 6.86. The molecule has 0 aromatic heterocycles. The van der Waals surface area contributed by atoms with E-state index in [1.54, 1.807) is 7.11 Å². The van der Waals surface area contributed by atoms with E-state index in [9.17, 15) is 4.21 Å². The van der Waals surface area contributed by atoms with E-state index in [-0.39, 0.29) is 11.3 Å². The van der Waals surface area contributed by atoms with Gasteiger partial charge in [-0.05, 0) is 35.6 Å². The molecule has 0 bridgehead atoms. The molecule has 0 spiro atoms. The number of methoxy groups -OCH3 is 1. The van der Waals surface area contributed by atoms with Gasteiger partial charge in [-0.3, -0.25) is 4.21 Å². The first-order chi connectivity index (χ1) is 9.06. The molecule has 0 aliphatic heterocycles. The topological polar surface area (TPSA) is 52.3 Å². The third kappa shape index (κ3) is 3.00. The van der Waals surface area contributed by atoms with Crippen molar-refractivity contribution in [2.45, 2.75) is 38.0 Å². The van der Waals surface area contributed by atoms with E-state index in [1.807, 2.05) is 12.1 Å².